The first-order valence-electron chi connectivity index (χ1n) is 2.06. The first-order valence-corrected chi connectivity index (χ1v) is 4.58. The van der Waals surface area contributed by atoms with Crippen LogP contribution in [0.2, 0.25) is 0 Å². The van der Waals surface area contributed by atoms with E-state index < -0.39 is 0 Å². The maximum absolute atomic E-state index is 8.49. The van der Waals surface area contributed by atoms with Gasteiger partial charge in [-0.05, 0) is 0 Å². The quantitative estimate of drug-likeness (QED) is 0.657. The standard InChI is InChI=1S/C5H6OTe/c6-4-5-2-1-3-7-5/h1-3,6H,4H2. The molecule has 1 aromatic heterocycles. The van der Waals surface area contributed by atoms with Gasteiger partial charge >= 0.3 is 51.9 Å². The van der Waals surface area contributed by atoms with E-state index in [0.29, 0.717) is 0 Å². The van der Waals surface area contributed by atoms with E-state index in [0.717, 1.165) is 0 Å². The van der Waals surface area contributed by atoms with Gasteiger partial charge in [0.25, 0.3) is 0 Å². The molecule has 1 nitrogen and oxygen atoms in total. The number of hydrogen-bond acceptors (Lipinski definition) is 1. The Morgan fingerprint density at radius 2 is 2.57 bits per heavy atom. The van der Waals surface area contributed by atoms with Gasteiger partial charge in [-0.3, -0.25) is 0 Å². The van der Waals surface area contributed by atoms with Gasteiger partial charge in [0, 0.05) is 0 Å². The Bertz CT molecular complexity index is 123. The van der Waals surface area contributed by atoms with Crippen LogP contribution in [0.15, 0.2) is 16.2 Å². The van der Waals surface area contributed by atoms with Crippen LogP contribution in [0.25, 0.3) is 0 Å². The molecule has 0 saturated carbocycles. The zero-order chi connectivity index (χ0) is 5.11. The SMILES string of the molecule is OCc1ccc[te]1. The Hall–Kier alpha value is 0.230. The molecule has 0 spiro atoms. The van der Waals surface area contributed by atoms with Gasteiger partial charge in [-0.25, -0.2) is 0 Å². The summed E-state index contributed by atoms with van der Waals surface area (Å²) in [5.41, 5.74) is 0. The fraction of sp³-hybridized carbons (Fsp3) is 0.200. The molecule has 0 aliphatic heterocycles. The predicted molar refractivity (Wildman–Crippen MR) is 29.3 cm³/mol. The molecule has 0 atom stereocenters. The van der Waals surface area contributed by atoms with Crippen LogP contribution in [-0.4, -0.2) is 25.5 Å². The normalized spacial score (nSPS) is 9.29. The van der Waals surface area contributed by atoms with Gasteiger partial charge in [-0.15, -0.1) is 0 Å². The van der Waals surface area contributed by atoms with E-state index in [1.807, 2.05) is 12.1 Å². The molecule has 0 radical (unpaired) electrons. The third kappa shape index (κ3) is 1.31. The molecule has 1 N–H and O–H groups in total. The molecule has 2 heteroatoms. The van der Waals surface area contributed by atoms with E-state index in [2.05, 4.69) is 4.08 Å². The third-order valence-electron chi connectivity index (χ3n) is 0.736. The van der Waals surface area contributed by atoms with Gasteiger partial charge in [-0.2, -0.15) is 0 Å². The fourth-order valence-corrected chi connectivity index (χ4v) is 2.01. The summed E-state index contributed by atoms with van der Waals surface area (Å²) in [5.74, 6) is 0. The Kier molecular flexibility index (Phi) is 1.93. The second kappa shape index (κ2) is 2.52. The van der Waals surface area contributed by atoms with Crippen LogP contribution in [0.4, 0.5) is 0 Å². The minimum absolute atomic E-state index is 0.0449. The minimum atomic E-state index is -0.0449. The van der Waals surface area contributed by atoms with Crippen molar-refractivity contribution in [3.05, 3.63) is 19.8 Å². The Morgan fingerprint density at radius 1 is 1.71 bits per heavy atom. The Labute approximate surface area is 52.2 Å². The van der Waals surface area contributed by atoms with Crippen molar-refractivity contribution in [1.82, 2.24) is 0 Å². The third-order valence-corrected chi connectivity index (χ3v) is 3.19. The number of aliphatic hydroxyl groups is 1. The van der Waals surface area contributed by atoms with Crippen molar-refractivity contribution in [2.45, 2.75) is 6.61 Å². The maximum atomic E-state index is 8.49. The molecule has 1 rings (SSSR count). The molecule has 38 valence electrons. The molecule has 0 saturated heterocycles. The zero-order valence-corrected chi connectivity index (χ0v) is 6.12. The van der Waals surface area contributed by atoms with Gasteiger partial charge in [0.1, 0.15) is 0 Å². The van der Waals surface area contributed by atoms with Crippen LogP contribution in [0, 0.1) is 0 Å². The summed E-state index contributed by atoms with van der Waals surface area (Å²) >= 11 is -0.0449. The molecule has 0 aliphatic rings. The van der Waals surface area contributed by atoms with Crippen molar-refractivity contribution in [2.75, 3.05) is 0 Å². The first-order chi connectivity index (χ1) is 3.43. The van der Waals surface area contributed by atoms with Crippen LogP contribution in [0.5, 0.6) is 0 Å². The molecule has 1 heterocycles. The molecule has 1 aromatic rings. The van der Waals surface area contributed by atoms with E-state index in [-0.39, 0.29) is 27.0 Å². The summed E-state index contributed by atoms with van der Waals surface area (Å²) in [6, 6.07) is 4.02. The van der Waals surface area contributed by atoms with Gasteiger partial charge in [0.05, 0.1) is 0 Å². The van der Waals surface area contributed by atoms with E-state index in [1.165, 1.54) is 3.58 Å². The fourth-order valence-electron chi connectivity index (χ4n) is 0.403. The topological polar surface area (TPSA) is 20.2 Å². The zero-order valence-electron chi connectivity index (χ0n) is 3.79. The summed E-state index contributed by atoms with van der Waals surface area (Å²) in [6.45, 7) is 0.273. The first kappa shape index (κ1) is 5.37. The number of aliphatic hydroxyl groups excluding tert-OH is 1. The summed E-state index contributed by atoms with van der Waals surface area (Å²) in [5, 5.41) is 8.49. The second-order valence-corrected chi connectivity index (χ2v) is 4.18. The molecule has 0 unspecified atom stereocenters. The molecular formula is C5H6OTe. The van der Waals surface area contributed by atoms with Crippen molar-refractivity contribution < 1.29 is 5.11 Å². The summed E-state index contributed by atoms with van der Waals surface area (Å²) < 4.78 is 3.40. The molecule has 0 aliphatic carbocycles. The Morgan fingerprint density at radius 3 is 2.86 bits per heavy atom. The summed E-state index contributed by atoms with van der Waals surface area (Å²) in [4.78, 5) is 0. The second-order valence-electron chi connectivity index (χ2n) is 1.24. The van der Waals surface area contributed by atoms with Crippen LogP contribution >= 0.6 is 0 Å². The van der Waals surface area contributed by atoms with Crippen LogP contribution in [0.3, 0.4) is 0 Å². The van der Waals surface area contributed by atoms with E-state index in [4.69, 9.17) is 5.11 Å². The van der Waals surface area contributed by atoms with Crippen molar-refractivity contribution in [3.8, 4) is 0 Å². The van der Waals surface area contributed by atoms with Crippen molar-refractivity contribution in [2.24, 2.45) is 0 Å². The van der Waals surface area contributed by atoms with Crippen molar-refractivity contribution >= 4 is 20.4 Å². The van der Waals surface area contributed by atoms with E-state index in [1.54, 1.807) is 0 Å². The average molecular weight is 210 g/mol. The predicted octanol–water partition coefficient (Wildman–Crippen LogP) is 0.236. The number of rotatable bonds is 1. The molecular weight excluding hydrogens is 204 g/mol. The molecule has 7 heavy (non-hydrogen) atoms. The van der Waals surface area contributed by atoms with Crippen molar-refractivity contribution in [1.29, 1.82) is 0 Å². The van der Waals surface area contributed by atoms with Crippen LogP contribution < -0.4 is 0 Å². The molecule has 0 fully saturated rings. The van der Waals surface area contributed by atoms with Crippen molar-refractivity contribution in [3.63, 3.8) is 0 Å². The number of hydrogen-bond donors (Lipinski definition) is 1. The molecule has 0 bridgehead atoms. The van der Waals surface area contributed by atoms with E-state index >= 15 is 0 Å². The average Bonchev–Trinajstić information content (AvgIpc) is 2.14. The van der Waals surface area contributed by atoms with E-state index in [9.17, 15) is 0 Å². The summed E-state index contributed by atoms with van der Waals surface area (Å²) in [7, 11) is 0. The van der Waals surface area contributed by atoms with Gasteiger partial charge < -0.3 is 0 Å². The monoisotopic (exact) mass is 212 g/mol. The van der Waals surface area contributed by atoms with Gasteiger partial charge in [0.15, 0.2) is 0 Å². The van der Waals surface area contributed by atoms with Crippen LogP contribution in [-0.2, 0) is 6.61 Å². The molecule has 0 aromatic carbocycles. The summed E-state index contributed by atoms with van der Waals surface area (Å²) in [6.07, 6.45) is 0. The molecule has 0 amide bonds. The Balaban J connectivity index is 2.76. The van der Waals surface area contributed by atoms with Crippen LogP contribution in [0.1, 0.15) is 3.58 Å². The van der Waals surface area contributed by atoms with Gasteiger partial charge in [0.2, 0.25) is 0 Å². The van der Waals surface area contributed by atoms with Gasteiger partial charge in [-0.1, -0.05) is 0 Å².